The molecule has 0 bridgehead atoms. The van der Waals surface area contributed by atoms with E-state index in [4.69, 9.17) is 0 Å². The summed E-state index contributed by atoms with van der Waals surface area (Å²) in [4.78, 5) is 4.67. The van der Waals surface area contributed by atoms with Gasteiger partial charge in [0.05, 0.1) is 5.69 Å². The van der Waals surface area contributed by atoms with Crippen molar-refractivity contribution in [3.05, 3.63) is 40.3 Å². The van der Waals surface area contributed by atoms with Crippen LogP contribution in [0.3, 0.4) is 0 Å². The monoisotopic (exact) mass is 284 g/mol. The number of nitrogens with one attached hydrogen (secondary N) is 1. The van der Waals surface area contributed by atoms with Gasteiger partial charge in [-0.2, -0.15) is 5.10 Å². The van der Waals surface area contributed by atoms with Gasteiger partial charge >= 0.3 is 0 Å². The molecule has 0 unspecified atom stereocenters. The molecule has 21 heavy (non-hydrogen) atoms. The van der Waals surface area contributed by atoms with Crippen LogP contribution in [0, 0.1) is 20.8 Å². The van der Waals surface area contributed by atoms with Crippen LogP contribution in [0.25, 0.3) is 5.82 Å². The zero-order valence-corrected chi connectivity index (χ0v) is 13.4. The summed E-state index contributed by atoms with van der Waals surface area (Å²) in [6.07, 6.45) is 3.64. The lowest BCUT2D eigenvalue weighted by molar-refractivity contribution is 0.684. The number of hydrogen-bond donors (Lipinski definition) is 1. The Morgan fingerprint density at radius 2 is 2.00 bits per heavy atom. The average Bonchev–Trinajstić information content (AvgIpc) is 3.22. The third-order valence-electron chi connectivity index (χ3n) is 4.18. The SMILES string of the molecule is CCc1c(C)nn(-c2cc(CNC3CC3)cc(C)n2)c1C. The Hall–Kier alpha value is -1.68. The van der Waals surface area contributed by atoms with E-state index in [9.17, 15) is 0 Å². The van der Waals surface area contributed by atoms with Gasteiger partial charge in [-0.15, -0.1) is 0 Å². The molecule has 0 aliphatic heterocycles. The highest BCUT2D eigenvalue weighted by Gasteiger charge is 2.20. The van der Waals surface area contributed by atoms with Crippen LogP contribution in [-0.4, -0.2) is 20.8 Å². The number of hydrogen-bond acceptors (Lipinski definition) is 3. The quantitative estimate of drug-likeness (QED) is 0.918. The van der Waals surface area contributed by atoms with Gasteiger partial charge in [0, 0.05) is 24.0 Å². The molecule has 112 valence electrons. The molecule has 1 aliphatic carbocycles. The zero-order valence-electron chi connectivity index (χ0n) is 13.4. The van der Waals surface area contributed by atoms with Crippen molar-refractivity contribution in [2.75, 3.05) is 0 Å². The molecule has 1 aliphatic rings. The molecule has 0 saturated heterocycles. The predicted octanol–water partition coefficient (Wildman–Crippen LogP) is 3.01. The van der Waals surface area contributed by atoms with E-state index in [0.717, 1.165) is 36.2 Å². The Bertz CT molecular complexity index is 653. The number of nitrogens with zero attached hydrogens (tertiary/aromatic N) is 3. The Morgan fingerprint density at radius 3 is 2.62 bits per heavy atom. The van der Waals surface area contributed by atoms with Crippen LogP contribution >= 0.6 is 0 Å². The number of aryl methyl sites for hydroxylation is 2. The standard InChI is InChI=1S/C17H24N4/c1-5-16-12(3)20-21(13(16)4)17-9-14(8-11(2)19-17)10-18-15-6-7-15/h8-9,15,18H,5-7,10H2,1-4H3. The van der Waals surface area contributed by atoms with Crippen LogP contribution in [0.1, 0.15) is 48.0 Å². The molecule has 2 heterocycles. The van der Waals surface area contributed by atoms with E-state index in [1.54, 1.807) is 0 Å². The fraction of sp³-hybridized carbons (Fsp3) is 0.529. The molecule has 2 aromatic heterocycles. The third kappa shape index (κ3) is 3.00. The third-order valence-corrected chi connectivity index (χ3v) is 4.18. The molecule has 0 aromatic carbocycles. The normalized spacial score (nSPS) is 14.7. The van der Waals surface area contributed by atoms with Crippen molar-refractivity contribution in [2.24, 2.45) is 0 Å². The first-order valence-electron chi connectivity index (χ1n) is 7.85. The second kappa shape index (κ2) is 5.60. The highest BCUT2D eigenvalue weighted by atomic mass is 15.3. The first kappa shape index (κ1) is 14.3. The molecule has 4 nitrogen and oxygen atoms in total. The van der Waals surface area contributed by atoms with E-state index >= 15 is 0 Å². The van der Waals surface area contributed by atoms with Crippen LogP contribution in [0.15, 0.2) is 12.1 Å². The van der Waals surface area contributed by atoms with E-state index in [0.29, 0.717) is 0 Å². The topological polar surface area (TPSA) is 42.7 Å². The smallest absolute Gasteiger partial charge is 0.154 e. The van der Waals surface area contributed by atoms with Gasteiger partial charge in [0.2, 0.25) is 0 Å². The summed E-state index contributed by atoms with van der Waals surface area (Å²) < 4.78 is 1.99. The van der Waals surface area contributed by atoms with Crippen LogP contribution in [0.4, 0.5) is 0 Å². The molecule has 0 radical (unpaired) electrons. The average molecular weight is 284 g/mol. The summed E-state index contributed by atoms with van der Waals surface area (Å²) in [5, 5.41) is 8.24. The first-order valence-corrected chi connectivity index (χ1v) is 7.85. The molecule has 1 N–H and O–H groups in total. The van der Waals surface area contributed by atoms with E-state index in [1.165, 1.54) is 29.7 Å². The fourth-order valence-electron chi connectivity index (χ4n) is 2.89. The summed E-state index contributed by atoms with van der Waals surface area (Å²) in [6.45, 7) is 9.35. The van der Waals surface area contributed by atoms with Crippen molar-refractivity contribution in [2.45, 2.75) is 59.5 Å². The van der Waals surface area contributed by atoms with Gasteiger partial charge in [0.25, 0.3) is 0 Å². The largest absolute Gasteiger partial charge is 0.310 e. The Labute approximate surface area is 126 Å². The van der Waals surface area contributed by atoms with Gasteiger partial charge in [0.15, 0.2) is 5.82 Å². The van der Waals surface area contributed by atoms with Gasteiger partial charge < -0.3 is 5.32 Å². The maximum Gasteiger partial charge on any atom is 0.154 e. The number of aromatic nitrogens is 3. The highest BCUT2D eigenvalue weighted by Crippen LogP contribution is 2.21. The molecule has 0 spiro atoms. The Morgan fingerprint density at radius 1 is 1.24 bits per heavy atom. The number of rotatable bonds is 5. The predicted molar refractivity (Wildman–Crippen MR) is 84.8 cm³/mol. The molecule has 1 fully saturated rings. The molecular formula is C17H24N4. The van der Waals surface area contributed by atoms with Crippen molar-refractivity contribution in [1.29, 1.82) is 0 Å². The van der Waals surface area contributed by atoms with E-state index in [-0.39, 0.29) is 0 Å². The van der Waals surface area contributed by atoms with Crippen LogP contribution in [0.2, 0.25) is 0 Å². The lowest BCUT2D eigenvalue weighted by Crippen LogP contribution is -2.16. The van der Waals surface area contributed by atoms with Crippen LogP contribution in [-0.2, 0) is 13.0 Å². The van der Waals surface area contributed by atoms with Gasteiger partial charge in [-0.1, -0.05) is 6.92 Å². The summed E-state index contributed by atoms with van der Waals surface area (Å²) in [5.41, 5.74) is 5.97. The van der Waals surface area contributed by atoms with Crippen molar-refractivity contribution >= 4 is 0 Å². The second-order valence-corrected chi connectivity index (χ2v) is 6.04. The molecule has 0 amide bonds. The van der Waals surface area contributed by atoms with Crippen molar-refractivity contribution in [1.82, 2.24) is 20.1 Å². The zero-order chi connectivity index (χ0) is 15.0. The van der Waals surface area contributed by atoms with Gasteiger partial charge in [-0.05, 0) is 63.3 Å². The molecule has 2 aromatic rings. The molecule has 3 rings (SSSR count). The van der Waals surface area contributed by atoms with Crippen molar-refractivity contribution in [3.63, 3.8) is 0 Å². The lowest BCUT2D eigenvalue weighted by Gasteiger charge is -2.09. The Balaban J connectivity index is 1.93. The minimum Gasteiger partial charge on any atom is -0.310 e. The lowest BCUT2D eigenvalue weighted by atomic mass is 10.1. The van der Waals surface area contributed by atoms with Crippen LogP contribution in [0.5, 0.6) is 0 Å². The summed E-state index contributed by atoms with van der Waals surface area (Å²) in [7, 11) is 0. The molecule has 1 saturated carbocycles. The summed E-state index contributed by atoms with van der Waals surface area (Å²) in [6, 6.07) is 5.04. The van der Waals surface area contributed by atoms with Crippen molar-refractivity contribution in [3.8, 4) is 5.82 Å². The fourth-order valence-corrected chi connectivity index (χ4v) is 2.89. The van der Waals surface area contributed by atoms with Gasteiger partial charge in [0.1, 0.15) is 0 Å². The molecular weight excluding hydrogens is 260 g/mol. The summed E-state index contributed by atoms with van der Waals surface area (Å²) >= 11 is 0. The first-order chi connectivity index (χ1) is 10.1. The van der Waals surface area contributed by atoms with E-state index < -0.39 is 0 Å². The Kier molecular flexibility index (Phi) is 3.81. The highest BCUT2D eigenvalue weighted by molar-refractivity contribution is 5.35. The maximum absolute atomic E-state index is 4.67. The van der Waals surface area contributed by atoms with Gasteiger partial charge in [-0.3, -0.25) is 0 Å². The van der Waals surface area contributed by atoms with Crippen molar-refractivity contribution < 1.29 is 0 Å². The second-order valence-electron chi connectivity index (χ2n) is 6.04. The van der Waals surface area contributed by atoms with E-state index in [1.807, 2.05) is 4.68 Å². The van der Waals surface area contributed by atoms with Crippen LogP contribution < -0.4 is 5.32 Å². The minimum absolute atomic E-state index is 0.724. The van der Waals surface area contributed by atoms with Gasteiger partial charge in [-0.25, -0.2) is 9.67 Å². The maximum atomic E-state index is 4.67. The van der Waals surface area contributed by atoms with E-state index in [2.05, 4.69) is 55.2 Å². The molecule has 4 heteroatoms. The summed E-state index contributed by atoms with van der Waals surface area (Å²) in [5.74, 6) is 0.933. The molecule has 0 atom stereocenters. The number of pyridine rings is 1. The minimum atomic E-state index is 0.724.